The molecule has 0 saturated carbocycles. The van der Waals surface area contributed by atoms with Crippen molar-refractivity contribution in [2.45, 2.75) is 12.6 Å². The maximum atomic E-state index is 5.09. The van der Waals surface area contributed by atoms with Crippen LogP contribution >= 0.6 is 11.8 Å². The molecule has 0 aliphatic carbocycles. The molecule has 4 heteroatoms. The number of hydrogen-bond donors (Lipinski definition) is 0. The maximum absolute atomic E-state index is 5.09. The molecule has 2 saturated heterocycles. The van der Waals surface area contributed by atoms with E-state index < -0.39 is 0 Å². The summed E-state index contributed by atoms with van der Waals surface area (Å²) >= 11 is 1.63. The predicted molar refractivity (Wildman–Crippen MR) is 28.2 cm³/mol. The first-order valence-electron chi connectivity index (χ1n) is 2.43. The summed E-state index contributed by atoms with van der Waals surface area (Å²) in [5.74, 6) is 1.39. The second-order valence-electron chi connectivity index (χ2n) is 1.65. The minimum absolute atomic E-state index is 0.0509. The van der Waals surface area contributed by atoms with Crippen molar-refractivity contribution in [3.05, 3.63) is 0 Å². The van der Waals surface area contributed by atoms with Crippen LogP contribution in [-0.2, 0) is 14.2 Å². The Morgan fingerprint density at radius 2 is 1.75 bits per heavy atom. The molecule has 0 aromatic carbocycles. The molecule has 2 rings (SSSR count). The fourth-order valence-corrected chi connectivity index (χ4v) is 1.12. The van der Waals surface area contributed by atoms with Gasteiger partial charge in [-0.1, -0.05) is 0 Å². The van der Waals surface area contributed by atoms with E-state index in [0.29, 0.717) is 11.9 Å². The fraction of sp³-hybridized carbons (Fsp3) is 1.00. The Kier molecular flexibility index (Phi) is 1.18. The van der Waals surface area contributed by atoms with E-state index in [9.17, 15) is 0 Å². The van der Waals surface area contributed by atoms with E-state index >= 15 is 0 Å². The van der Waals surface area contributed by atoms with E-state index in [2.05, 4.69) is 0 Å². The number of thioether (sulfide) groups is 1. The van der Waals surface area contributed by atoms with Gasteiger partial charge in [-0.25, -0.2) is 0 Å². The zero-order valence-electron chi connectivity index (χ0n) is 4.20. The summed E-state index contributed by atoms with van der Waals surface area (Å²) in [6, 6.07) is 0. The van der Waals surface area contributed by atoms with Gasteiger partial charge in [0, 0.05) is 0 Å². The van der Waals surface area contributed by atoms with Gasteiger partial charge in [-0.3, -0.25) is 0 Å². The van der Waals surface area contributed by atoms with Gasteiger partial charge in [0.1, 0.15) is 0 Å². The van der Waals surface area contributed by atoms with E-state index in [1.54, 1.807) is 11.8 Å². The van der Waals surface area contributed by atoms with Gasteiger partial charge in [-0.15, -0.1) is 11.8 Å². The van der Waals surface area contributed by atoms with Crippen LogP contribution in [0.3, 0.4) is 0 Å². The van der Waals surface area contributed by atoms with Gasteiger partial charge in [-0.2, -0.15) is 0 Å². The summed E-state index contributed by atoms with van der Waals surface area (Å²) in [5, 5.41) is 0. The number of ether oxygens (including phenoxy) is 3. The predicted octanol–water partition coefficient (Wildman–Crippen LogP) is 0.364. The lowest BCUT2D eigenvalue weighted by Crippen LogP contribution is -1.96. The number of hydrogen-bond acceptors (Lipinski definition) is 4. The van der Waals surface area contributed by atoms with Gasteiger partial charge >= 0.3 is 0 Å². The van der Waals surface area contributed by atoms with Crippen molar-refractivity contribution in [2.75, 3.05) is 11.9 Å². The monoisotopic (exact) mass is 134 g/mol. The van der Waals surface area contributed by atoms with Gasteiger partial charge in [-0.05, 0) is 0 Å². The first kappa shape index (κ1) is 5.05. The molecule has 0 aromatic heterocycles. The Bertz CT molecular complexity index is 87.3. The highest BCUT2D eigenvalue weighted by Gasteiger charge is 2.42. The van der Waals surface area contributed by atoms with E-state index in [1.165, 1.54) is 0 Å². The first-order valence-corrected chi connectivity index (χ1v) is 3.59. The third-order valence-corrected chi connectivity index (χ3v) is 1.65. The number of fused-ring (bicyclic) bond motifs is 1. The summed E-state index contributed by atoms with van der Waals surface area (Å²) in [6.07, 6.45) is -0.102. The van der Waals surface area contributed by atoms with Crippen molar-refractivity contribution < 1.29 is 14.2 Å². The van der Waals surface area contributed by atoms with Crippen molar-refractivity contribution in [3.8, 4) is 0 Å². The summed E-state index contributed by atoms with van der Waals surface area (Å²) in [5.41, 5.74) is 0. The van der Waals surface area contributed by atoms with E-state index in [4.69, 9.17) is 14.2 Å². The maximum Gasteiger partial charge on any atom is 0.213 e. The van der Waals surface area contributed by atoms with Crippen LogP contribution in [0.25, 0.3) is 0 Å². The van der Waals surface area contributed by atoms with Crippen LogP contribution < -0.4 is 0 Å². The molecule has 2 heterocycles. The van der Waals surface area contributed by atoms with Crippen molar-refractivity contribution in [3.63, 3.8) is 0 Å². The van der Waals surface area contributed by atoms with Crippen LogP contribution in [0.2, 0.25) is 0 Å². The summed E-state index contributed by atoms with van der Waals surface area (Å²) in [6.45, 7) is 0. The summed E-state index contributed by atoms with van der Waals surface area (Å²) in [7, 11) is 0. The average Bonchev–Trinajstić information content (AvgIpc) is 2.36. The molecule has 8 heavy (non-hydrogen) atoms. The van der Waals surface area contributed by atoms with Gasteiger partial charge in [0.25, 0.3) is 0 Å². The Labute approximate surface area is 51.3 Å². The quantitative estimate of drug-likeness (QED) is 0.448. The van der Waals surface area contributed by atoms with Crippen LogP contribution in [0.15, 0.2) is 0 Å². The zero-order chi connectivity index (χ0) is 5.40. The van der Waals surface area contributed by atoms with Crippen molar-refractivity contribution in [2.24, 2.45) is 0 Å². The van der Waals surface area contributed by atoms with Gasteiger partial charge in [0.05, 0.1) is 11.9 Å². The second kappa shape index (κ2) is 1.88. The molecule has 2 aliphatic heterocycles. The largest absolute Gasteiger partial charge is 0.337 e. The molecule has 0 radical (unpaired) electrons. The van der Waals surface area contributed by atoms with Crippen LogP contribution in [0, 0.1) is 0 Å². The second-order valence-corrected chi connectivity index (χ2v) is 2.53. The lowest BCUT2D eigenvalue weighted by molar-refractivity contribution is 0.0752. The van der Waals surface area contributed by atoms with E-state index in [-0.39, 0.29) is 12.6 Å². The Morgan fingerprint density at radius 3 is 2.38 bits per heavy atom. The Morgan fingerprint density at radius 1 is 1.12 bits per heavy atom. The lowest BCUT2D eigenvalue weighted by atomic mass is 10.8. The molecular weight excluding hydrogens is 128 g/mol. The van der Waals surface area contributed by atoms with E-state index in [1.807, 2.05) is 0 Å². The molecule has 2 aliphatic rings. The molecule has 2 fully saturated rings. The number of epoxide rings is 1. The molecule has 0 spiro atoms. The van der Waals surface area contributed by atoms with E-state index in [0.717, 1.165) is 0 Å². The third-order valence-electron chi connectivity index (χ3n) is 1.05. The van der Waals surface area contributed by atoms with Gasteiger partial charge < -0.3 is 14.2 Å². The van der Waals surface area contributed by atoms with Crippen LogP contribution in [0.4, 0.5) is 0 Å². The topological polar surface area (TPSA) is 31.0 Å². The van der Waals surface area contributed by atoms with Crippen molar-refractivity contribution >= 4 is 11.8 Å². The molecule has 46 valence electrons. The SMILES string of the molecule is C1OC2OC2OCS1. The molecule has 0 aromatic rings. The molecule has 0 amide bonds. The molecule has 2 atom stereocenters. The number of rotatable bonds is 0. The lowest BCUT2D eigenvalue weighted by Gasteiger charge is -1.93. The third kappa shape index (κ3) is 0.842. The van der Waals surface area contributed by atoms with Gasteiger partial charge in [0.15, 0.2) is 0 Å². The normalized spacial score (nSPS) is 45.0. The molecule has 3 nitrogen and oxygen atoms in total. The zero-order valence-corrected chi connectivity index (χ0v) is 5.02. The Hall–Kier alpha value is 0.230. The fourth-order valence-electron chi connectivity index (χ4n) is 0.587. The highest BCUT2D eigenvalue weighted by atomic mass is 32.2. The standard InChI is InChI=1S/C4H6O3S/c1-5-3-4(7-3)6-2-8-1/h3-4H,1-2H2. The molecule has 0 bridgehead atoms. The average molecular weight is 134 g/mol. The minimum Gasteiger partial charge on any atom is -0.337 e. The summed E-state index contributed by atoms with van der Waals surface area (Å²) < 4.78 is 15.1. The van der Waals surface area contributed by atoms with Crippen molar-refractivity contribution in [1.29, 1.82) is 0 Å². The van der Waals surface area contributed by atoms with Gasteiger partial charge in [0.2, 0.25) is 12.6 Å². The highest BCUT2D eigenvalue weighted by molar-refractivity contribution is 7.98. The van der Waals surface area contributed by atoms with Crippen molar-refractivity contribution in [1.82, 2.24) is 0 Å². The first-order chi connectivity index (χ1) is 3.97. The Balaban J connectivity index is 1.89. The smallest absolute Gasteiger partial charge is 0.213 e. The molecular formula is C4H6O3S. The molecule has 0 N–H and O–H groups in total. The van der Waals surface area contributed by atoms with Crippen LogP contribution in [0.5, 0.6) is 0 Å². The highest BCUT2D eigenvalue weighted by Crippen LogP contribution is 2.29. The molecule has 2 unspecified atom stereocenters. The minimum atomic E-state index is -0.0509. The van der Waals surface area contributed by atoms with Crippen LogP contribution in [0.1, 0.15) is 0 Å². The van der Waals surface area contributed by atoms with Crippen LogP contribution in [-0.4, -0.2) is 24.5 Å². The summed E-state index contributed by atoms with van der Waals surface area (Å²) in [4.78, 5) is 0.